The molecule has 0 fully saturated rings. The maximum absolute atomic E-state index is 12.0. The number of methoxy groups -OCH3 is 1. The molecule has 0 saturated carbocycles. The number of rotatable bonds is 7. The summed E-state index contributed by atoms with van der Waals surface area (Å²) in [4.78, 5) is 20.4. The molecule has 1 N–H and O–H groups in total. The van der Waals surface area contributed by atoms with E-state index in [4.69, 9.17) is 9.47 Å². The smallest absolute Gasteiger partial charge is 0.258 e. The Balaban J connectivity index is 1.55. The van der Waals surface area contributed by atoms with E-state index in [0.717, 1.165) is 16.8 Å². The number of nitrogens with zero attached hydrogens (tertiary/aromatic N) is 2. The van der Waals surface area contributed by atoms with Gasteiger partial charge in [0.1, 0.15) is 0 Å². The molecule has 0 bridgehead atoms. The van der Waals surface area contributed by atoms with Crippen LogP contribution in [-0.4, -0.2) is 29.6 Å². The lowest BCUT2D eigenvalue weighted by Crippen LogP contribution is -2.28. The van der Waals surface area contributed by atoms with Gasteiger partial charge in [-0.3, -0.25) is 14.8 Å². The molecule has 0 atom stereocenters. The zero-order chi connectivity index (χ0) is 18.2. The van der Waals surface area contributed by atoms with Crippen molar-refractivity contribution in [1.29, 1.82) is 0 Å². The van der Waals surface area contributed by atoms with Crippen molar-refractivity contribution in [2.45, 2.75) is 6.54 Å². The van der Waals surface area contributed by atoms with Crippen molar-refractivity contribution < 1.29 is 14.3 Å². The molecule has 132 valence electrons. The first-order chi connectivity index (χ1) is 12.8. The molecule has 0 aliphatic rings. The first kappa shape index (κ1) is 17.4. The molecule has 1 amide bonds. The summed E-state index contributed by atoms with van der Waals surface area (Å²) in [6, 6.07) is 14.8. The van der Waals surface area contributed by atoms with Crippen LogP contribution in [0.2, 0.25) is 0 Å². The minimum Gasteiger partial charge on any atom is -0.493 e. The summed E-state index contributed by atoms with van der Waals surface area (Å²) < 4.78 is 10.7. The van der Waals surface area contributed by atoms with Crippen molar-refractivity contribution in [1.82, 2.24) is 15.3 Å². The highest BCUT2D eigenvalue weighted by atomic mass is 16.5. The highest BCUT2D eigenvalue weighted by Gasteiger charge is 2.07. The Morgan fingerprint density at radius 2 is 1.81 bits per heavy atom. The topological polar surface area (TPSA) is 73.3 Å². The summed E-state index contributed by atoms with van der Waals surface area (Å²) in [5.41, 5.74) is 2.77. The van der Waals surface area contributed by atoms with Gasteiger partial charge in [-0.2, -0.15) is 0 Å². The molecule has 1 aromatic carbocycles. The van der Waals surface area contributed by atoms with Gasteiger partial charge in [0.2, 0.25) is 0 Å². The first-order valence-electron chi connectivity index (χ1n) is 8.14. The number of carbonyl (C=O) groups is 1. The maximum atomic E-state index is 12.0. The van der Waals surface area contributed by atoms with E-state index >= 15 is 0 Å². The van der Waals surface area contributed by atoms with Crippen molar-refractivity contribution in [2.24, 2.45) is 0 Å². The molecule has 6 heteroatoms. The van der Waals surface area contributed by atoms with E-state index in [1.807, 2.05) is 36.4 Å². The Morgan fingerprint density at radius 3 is 2.58 bits per heavy atom. The van der Waals surface area contributed by atoms with E-state index in [1.54, 1.807) is 37.8 Å². The largest absolute Gasteiger partial charge is 0.493 e. The van der Waals surface area contributed by atoms with E-state index in [0.29, 0.717) is 18.0 Å². The van der Waals surface area contributed by atoms with Gasteiger partial charge >= 0.3 is 0 Å². The summed E-state index contributed by atoms with van der Waals surface area (Å²) in [5, 5.41) is 2.84. The fourth-order valence-electron chi connectivity index (χ4n) is 2.40. The monoisotopic (exact) mass is 349 g/mol. The highest BCUT2D eigenvalue weighted by molar-refractivity contribution is 5.77. The quantitative estimate of drug-likeness (QED) is 0.710. The number of aromatic nitrogens is 2. The second-order valence-corrected chi connectivity index (χ2v) is 5.50. The molecule has 3 rings (SSSR count). The predicted molar refractivity (Wildman–Crippen MR) is 97.8 cm³/mol. The molecular weight excluding hydrogens is 330 g/mol. The molecule has 3 aromatic rings. The molecule has 0 spiro atoms. The van der Waals surface area contributed by atoms with E-state index < -0.39 is 0 Å². The Morgan fingerprint density at radius 1 is 1.04 bits per heavy atom. The fourth-order valence-corrected chi connectivity index (χ4v) is 2.40. The minimum atomic E-state index is -0.210. The van der Waals surface area contributed by atoms with Gasteiger partial charge in [-0.05, 0) is 42.0 Å². The fraction of sp³-hybridized carbons (Fsp3) is 0.150. The average Bonchev–Trinajstić information content (AvgIpc) is 2.71. The summed E-state index contributed by atoms with van der Waals surface area (Å²) in [6.07, 6.45) is 5.17. The molecule has 6 nitrogen and oxygen atoms in total. The van der Waals surface area contributed by atoms with Crippen molar-refractivity contribution in [3.05, 3.63) is 72.7 Å². The van der Waals surface area contributed by atoms with Crippen LogP contribution >= 0.6 is 0 Å². The third-order valence-electron chi connectivity index (χ3n) is 3.72. The molecule has 0 radical (unpaired) electrons. The number of benzene rings is 1. The van der Waals surface area contributed by atoms with Gasteiger partial charge in [-0.25, -0.2) is 0 Å². The third-order valence-corrected chi connectivity index (χ3v) is 3.72. The van der Waals surface area contributed by atoms with Gasteiger partial charge in [-0.1, -0.05) is 12.1 Å². The van der Waals surface area contributed by atoms with Crippen LogP contribution in [0, 0.1) is 0 Å². The normalized spacial score (nSPS) is 10.2. The lowest BCUT2D eigenvalue weighted by atomic mass is 10.1. The second-order valence-electron chi connectivity index (χ2n) is 5.50. The maximum Gasteiger partial charge on any atom is 0.258 e. The Labute approximate surface area is 151 Å². The number of hydrogen-bond acceptors (Lipinski definition) is 5. The van der Waals surface area contributed by atoms with E-state index in [1.165, 1.54) is 0 Å². The molecule has 0 aliphatic carbocycles. The van der Waals surface area contributed by atoms with Gasteiger partial charge < -0.3 is 14.8 Å². The van der Waals surface area contributed by atoms with E-state index in [9.17, 15) is 4.79 Å². The van der Waals surface area contributed by atoms with E-state index in [2.05, 4.69) is 15.3 Å². The van der Waals surface area contributed by atoms with Crippen LogP contribution in [0.1, 0.15) is 5.56 Å². The van der Waals surface area contributed by atoms with Gasteiger partial charge in [0.25, 0.3) is 5.91 Å². The minimum absolute atomic E-state index is 0.0807. The summed E-state index contributed by atoms with van der Waals surface area (Å²) in [6.45, 7) is 0.317. The number of hydrogen-bond donors (Lipinski definition) is 1. The number of pyridine rings is 2. The summed E-state index contributed by atoms with van der Waals surface area (Å²) >= 11 is 0. The SMILES string of the molecule is COc1ccccc1OCC(=O)NCc1ccnc(-c2ccncc2)c1. The molecule has 0 aliphatic heterocycles. The lowest BCUT2D eigenvalue weighted by Gasteiger charge is -2.11. The van der Waals surface area contributed by atoms with Gasteiger partial charge in [-0.15, -0.1) is 0 Å². The predicted octanol–water partition coefficient (Wildman–Crippen LogP) is 2.85. The first-order valence-corrected chi connectivity index (χ1v) is 8.14. The van der Waals surface area contributed by atoms with Crippen LogP contribution in [0.4, 0.5) is 0 Å². The van der Waals surface area contributed by atoms with Gasteiger partial charge in [0.15, 0.2) is 18.1 Å². The third kappa shape index (κ3) is 4.57. The van der Waals surface area contributed by atoms with Gasteiger partial charge in [0.05, 0.1) is 12.8 Å². The van der Waals surface area contributed by atoms with Crippen LogP contribution in [-0.2, 0) is 11.3 Å². The number of para-hydroxylation sites is 2. The molecule has 26 heavy (non-hydrogen) atoms. The number of carbonyl (C=O) groups excluding carboxylic acids is 1. The van der Waals surface area contributed by atoms with Crippen molar-refractivity contribution in [2.75, 3.05) is 13.7 Å². The van der Waals surface area contributed by atoms with Crippen molar-refractivity contribution in [3.63, 3.8) is 0 Å². The van der Waals surface area contributed by atoms with Crippen LogP contribution in [0.15, 0.2) is 67.1 Å². The van der Waals surface area contributed by atoms with Crippen LogP contribution in [0.3, 0.4) is 0 Å². The zero-order valence-electron chi connectivity index (χ0n) is 14.4. The zero-order valence-corrected chi connectivity index (χ0v) is 14.4. The Hall–Kier alpha value is -3.41. The Kier molecular flexibility index (Phi) is 5.77. The van der Waals surface area contributed by atoms with Crippen LogP contribution < -0.4 is 14.8 Å². The van der Waals surface area contributed by atoms with E-state index in [-0.39, 0.29) is 12.5 Å². The van der Waals surface area contributed by atoms with Crippen LogP contribution in [0.5, 0.6) is 11.5 Å². The number of ether oxygens (including phenoxy) is 2. The number of amides is 1. The molecule has 0 unspecified atom stereocenters. The Bertz CT molecular complexity index is 869. The molecular formula is C20H19N3O3. The second kappa shape index (κ2) is 8.62. The van der Waals surface area contributed by atoms with Gasteiger partial charge in [0, 0.05) is 30.7 Å². The molecule has 0 saturated heterocycles. The number of nitrogens with one attached hydrogen (secondary N) is 1. The van der Waals surface area contributed by atoms with Crippen molar-refractivity contribution in [3.8, 4) is 22.8 Å². The molecule has 2 aromatic heterocycles. The summed E-state index contributed by atoms with van der Waals surface area (Å²) in [5.74, 6) is 0.920. The average molecular weight is 349 g/mol. The highest BCUT2D eigenvalue weighted by Crippen LogP contribution is 2.25. The standard InChI is InChI=1S/C20H19N3O3/c1-25-18-4-2-3-5-19(18)26-14-20(24)23-13-15-6-11-22-17(12-15)16-7-9-21-10-8-16/h2-12H,13-14H2,1H3,(H,23,24). The summed E-state index contributed by atoms with van der Waals surface area (Å²) in [7, 11) is 1.56. The van der Waals surface area contributed by atoms with Crippen LogP contribution in [0.25, 0.3) is 11.3 Å². The molecule has 2 heterocycles. The lowest BCUT2D eigenvalue weighted by molar-refractivity contribution is -0.123. The van der Waals surface area contributed by atoms with Crippen molar-refractivity contribution >= 4 is 5.91 Å².